The Morgan fingerprint density at radius 1 is 1.61 bits per heavy atom. The van der Waals surface area contributed by atoms with E-state index in [4.69, 9.17) is 5.53 Å². The van der Waals surface area contributed by atoms with Crippen molar-refractivity contribution in [3.8, 4) is 0 Å². The fourth-order valence-electron chi connectivity index (χ4n) is 1.69. The van der Waals surface area contributed by atoms with Crippen LogP contribution in [0.4, 0.5) is 11.6 Å². The number of aldehydes is 1. The largest absolute Gasteiger partial charge is 0.367 e. The Morgan fingerprint density at radius 3 is 3.11 bits per heavy atom. The number of rotatable bonds is 4. The van der Waals surface area contributed by atoms with E-state index in [2.05, 4.69) is 25.4 Å². The third kappa shape index (κ3) is 1.74. The zero-order valence-corrected chi connectivity index (χ0v) is 9.37. The zero-order valence-electron chi connectivity index (χ0n) is 9.37. The molecule has 0 aromatic carbocycles. The Labute approximate surface area is 101 Å². The molecule has 2 aromatic rings. The predicted molar refractivity (Wildman–Crippen MR) is 62.0 cm³/mol. The fraction of sp³-hybridized carbons (Fsp3) is 0.300. The maximum atomic E-state index is 10.9. The van der Waals surface area contributed by atoms with Crippen molar-refractivity contribution in [1.29, 1.82) is 5.53 Å². The van der Waals surface area contributed by atoms with Gasteiger partial charge in [-0.1, -0.05) is 0 Å². The molecule has 1 aliphatic carbocycles. The SMILES string of the molecule is N=[N+]=Nc1cc(NC2CC2)n2ncc(C=O)c2n1. The van der Waals surface area contributed by atoms with Crippen molar-refractivity contribution in [3.05, 3.63) is 17.8 Å². The van der Waals surface area contributed by atoms with E-state index in [0.29, 0.717) is 29.4 Å². The number of nitrogens with one attached hydrogen (secondary N) is 2. The monoisotopic (exact) mass is 244 g/mol. The smallest absolute Gasteiger partial charge is 0.247 e. The van der Waals surface area contributed by atoms with Gasteiger partial charge in [0.1, 0.15) is 11.3 Å². The van der Waals surface area contributed by atoms with Crippen molar-refractivity contribution in [2.45, 2.75) is 18.9 Å². The summed E-state index contributed by atoms with van der Waals surface area (Å²) in [5, 5.41) is 11.0. The maximum Gasteiger partial charge on any atom is 0.247 e. The molecule has 0 spiro atoms. The predicted octanol–water partition coefficient (Wildman–Crippen LogP) is 1.30. The molecule has 0 unspecified atom stereocenters. The Bertz CT molecular complexity index is 666. The van der Waals surface area contributed by atoms with E-state index >= 15 is 0 Å². The van der Waals surface area contributed by atoms with Gasteiger partial charge in [0.2, 0.25) is 10.7 Å². The second kappa shape index (κ2) is 4.01. The van der Waals surface area contributed by atoms with Crippen LogP contribution in [0.5, 0.6) is 0 Å². The Hall–Kier alpha value is -2.60. The van der Waals surface area contributed by atoms with Crippen LogP contribution in [0.15, 0.2) is 17.4 Å². The maximum absolute atomic E-state index is 10.9. The molecular formula is C10H10N7O+. The highest BCUT2D eigenvalue weighted by Crippen LogP contribution is 2.27. The number of hydrogen-bond donors (Lipinski definition) is 2. The average Bonchev–Trinajstić information content (AvgIpc) is 3.07. The summed E-state index contributed by atoms with van der Waals surface area (Å²) in [5.41, 5.74) is 7.54. The molecule has 1 aliphatic rings. The van der Waals surface area contributed by atoms with Crippen LogP contribution in [-0.2, 0) is 0 Å². The molecule has 2 N–H and O–H groups in total. The van der Waals surface area contributed by atoms with Gasteiger partial charge < -0.3 is 5.32 Å². The lowest BCUT2D eigenvalue weighted by Gasteiger charge is -2.06. The second-order valence-electron chi connectivity index (χ2n) is 4.07. The van der Waals surface area contributed by atoms with Crippen molar-refractivity contribution < 1.29 is 4.79 Å². The van der Waals surface area contributed by atoms with E-state index in [1.54, 1.807) is 10.6 Å². The van der Waals surface area contributed by atoms with E-state index in [9.17, 15) is 4.79 Å². The summed E-state index contributed by atoms with van der Waals surface area (Å²) in [7, 11) is 0. The van der Waals surface area contributed by atoms with Crippen molar-refractivity contribution in [2.75, 3.05) is 5.32 Å². The molecule has 8 nitrogen and oxygen atoms in total. The number of fused-ring (bicyclic) bond motifs is 1. The first kappa shape index (κ1) is 10.5. The molecule has 0 amide bonds. The lowest BCUT2D eigenvalue weighted by atomic mass is 10.4. The molecule has 0 bridgehead atoms. The first-order valence-electron chi connectivity index (χ1n) is 5.50. The molecule has 8 heteroatoms. The summed E-state index contributed by atoms with van der Waals surface area (Å²) >= 11 is 0. The Morgan fingerprint density at radius 2 is 2.44 bits per heavy atom. The van der Waals surface area contributed by atoms with Crippen LogP contribution in [0, 0.1) is 5.53 Å². The molecule has 90 valence electrons. The highest BCUT2D eigenvalue weighted by Gasteiger charge is 2.23. The Balaban J connectivity index is 2.19. The van der Waals surface area contributed by atoms with Crippen molar-refractivity contribution in [3.63, 3.8) is 0 Å². The van der Waals surface area contributed by atoms with Gasteiger partial charge in [-0.15, -0.1) is 0 Å². The first-order chi connectivity index (χ1) is 8.81. The number of anilines is 1. The van der Waals surface area contributed by atoms with Gasteiger partial charge in [0.05, 0.1) is 11.8 Å². The standard InChI is InChI=1S/C10H9N7O/c11-16-15-8-3-9(13-7-1-2-7)17-10(14-8)6(5-18)4-12-17/h3-5,7H,1-2H2,(H-,11,12,13,14,15,18)/p+1. The topological polar surface area (TPSA) is 110 Å². The lowest BCUT2D eigenvalue weighted by Crippen LogP contribution is -2.07. The number of carbonyl (C=O) groups is 1. The van der Waals surface area contributed by atoms with Gasteiger partial charge in [0, 0.05) is 12.1 Å². The lowest BCUT2D eigenvalue weighted by molar-refractivity contribution is 0.112. The van der Waals surface area contributed by atoms with E-state index in [-0.39, 0.29) is 5.82 Å². The van der Waals surface area contributed by atoms with Crippen LogP contribution >= 0.6 is 0 Å². The highest BCUT2D eigenvalue weighted by atomic mass is 16.1. The molecule has 18 heavy (non-hydrogen) atoms. The van der Waals surface area contributed by atoms with Crippen LogP contribution in [0.25, 0.3) is 5.65 Å². The van der Waals surface area contributed by atoms with E-state index in [1.807, 2.05) is 0 Å². The van der Waals surface area contributed by atoms with E-state index in [0.717, 1.165) is 12.8 Å². The molecular weight excluding hydrogens is 234 g/mol. The van der Waals surface area contributed by atoms with Gasteiger partial charge in [0.15, 0.2) is 17.0 Å². The minimum atomic E-state index is 0.282. The molecule has 0 radical (unpaired) electrons. The second-order valence-corrected chi connectivity index (χ2v) is 4.07. The number of aromatic nitrogens is 3. The van der Waals surface area contributed by atoms with Crippen LogP contribution in [0.2, 0.25) is 0 Å². The summed E-state index contributed by atoms with van der Waals surface area (Å²) in [5.74, 6) is 0.988. The zero-order chi connectivity index (χ0) is 12.5. The van der Waals surface area contributed by atoms with Gasteiger partial charge >= 0.3 is 0 Å². The number of nitrogens with zero attached hydrogens (tertiary/aromatic N) is 5. The normalized spacial score (nSPS) is 14.2. The minimum Gasteiger partial charge on any atom is -0.367 e. The molecule has 2 heterocycles. The molecule has 3 rings (SSSR count). The molecule has 1 saturated carbocycles. The Kier molecular flexibility index (Phi) is 2.35. The third-order valence-electron chi connectivity index (χ3n) is 2.69. The average molecular weight is 244 g/mol. The summed E-state index contributed by atoms with van der Waals surface area (Å²) in [6.07, 6.45) is 4.37. The van der Waals surface area contributed by atoms with E-state index in [1.165, 1.54) is 6.20 Å². The van der Waals surface area contributed by atoms with Crippen LogP contribution in [-0.4, -0.2) is 26.9 Å². The quantitative estimate of drug-likeness (QED) is 0.479. The molecule has 0 atom stereocenters. The van der Waals surface area contributed by atoms with Crippen LogP contribution in [0.3, 0.4) is 0 Å². The van der Waals surface area contributed by atoms with Crippen LogP contribution in [0.1, 0.15) is 23.2 Å². The molecule has 0 aliphatic heterocycles. The van der Waals surface area contributed by atoms with Gasteiger partial charge in [0.25, 0.3) is 0 Å². The first-order valence-corrected chi connectivity index (χ1v) is 5.50. The summed E-state index contributed by atoms with van der Waals surface area (Å²) in [6, 6.07) is 2.09. The minimum absolute atomic E-state index is 0.282. The fourth-order valence-corrected chi connectivity index (χ4v) is 1.69. The molecule has 1 fully saturated rings. The van der Waals surface area contributed by atoms with Gasteiger partial charge in [-0.2, -0.15) is 9.61 Å². The molecule has 0 saturated heterocycles. The summed E-state index contributed by atoms with van der Waals surface area (Å²) in [4.78, 5) is 18.0. The number of hydrogen-bond acceptors (Lipinski definition) is 6. The third-order valence-corrected chi connectivity index (χ3v) is 2.69. The summed E-state index contributed by atoms with van der Waals surface area (Å²) in [6.45, 7) is 0. The van der Waals surface area contributed by atoms with E-state index < -0.39 is 0 Å². The van der Waals surface area contributed by atoms with Crippen molar-refractivity contribution in [2.24, 2.45) is 5.11 Å². The molecule has 2 aromatic heterocycles. The highest BCUT2D eigenvalue weighted by molar-refractivity contribution is 5.84. The van der Waals surface area contributed by atoms with Crippen LogP contribution < -0.4 is 10.2 Å². The summed E-state index contributed by atoms with van der Waals surface area (Å²) < 4.78 is 1.56. The van der Waals surface area contributed by atoms with Gasteiger partial charge in [-0.3, -0.25) is 4.79 Å². The van der Waals surface area contributed by atoms with Crippen molar-refractivity contribution >= 4 is 23.6 Å². The number of carbonyl (C=O) groups excluding carboxylic acids is 1. The van der Waals surface area contributed by atoms with Crippen molar-refractivity contribution in [1.82, 2.24) is 19.5 Å². The van der Waals surface area contributed by atoms with Gasteiger partial charge in [-0.25, -0.2) is 4.98 Å². The van der Waals surface area contributed by atoms with Gasteiger partial charge in [-0.05, 0) is 12.8 Å².